The van der Waals surface area contributed by atoms with Gasteiger partial charge in [-0.2, -0.15) is 0 Å². The van der Waals surface area contributed by atoms with E-state index in [2.05, 4.69) is 5.32 Å². The van der Waals surface area contributed by atoms with E-state index in [1.807, 2.05) is 6.07 Å². The predicted octanol–water partition coefficient (Wildman–Crippen LogP) is 2.73. The molecule has 0 aliphatic carbocycles. The molecule has 0 aliphatic rings. The first-order valence-electron chi connectivity index (χ1n) is 7.20. The molecule has 2 atom stereocenters. The standard InChI is InChI=1S/C16H24ClNO4/c1-16(2,3)22-15(21)18-8-7-13(19)14(20)12-6-4-5-11(9-12)10-17/h4-6,9,13-14,19-20H,7-8,10H2,1-3H3,(H,18,21). The lowest BCUT2D eigenvalue weighted by Gasteiger charge is -2.21. The van der Waals surface area contributed by atoms with Gasteiger partial charge in [-0.05, 0) is 38.3 Å². The average Bonchev–Trinajstić information content (AvgIpc) is 2.44. The highest BCUT2D eigenvalue weighted by atomic mass is 35.5. The molecule has 2 unspecified atom stereocenters. The number of alkyl carbamates (subject to hydrolysis) is 1. The smallest absolute Gasteiger partial charge is 0.407 e. The summed E-state index contributed by atoms with van der Waals surface area (Å²) >= 11 is 5.75. The SMILES string of the molecule is CC(C)(C)OC(=O)NCCC(O)C(O)c1cccc(CCl)c1. The van der Waals surface area contributed by atoms with Crippen LogP contribution in [0.5, 0.6) is 0 Å². The lowest BCUT2D eigenvalue weighted by atomic mass is 10.0. The number of alkyl halides is 1. The van der Waals surface area contributed by atoms with Gasteiger partial charge >= 0.3 is 6.09 Å². The van der Waals surface area contributed by atoms with Crippen molar-refractivity contribution in [3.05, 3.63) is 35.4 Å². The summed E-state index contributed by atoms with van der Waals surface area (Å²) in [4.78, 5) is 11.5. The molecular formula is C16H24ClNO4. The summed E-state index contributed by atoms with van der Waals surface area (Å²) < 4.78 is 5.09. The van der Waals surface area contributed by atoms with Crippen LogP contribution in [-0.4, -0.2) is 34.6 Å². The summed E-state index contributed by atoms with van der Waals surface area (Å²) in [7, 11) is 0. The van der Waals surface area contributed by atoms with Gasteiger partial charge in [-0.1, -0.05) is 24.3 Å². The number of halogens is 1. The molecule has 0 spiro atoms. The lowest BCUT2D eigenvalue weighted by molar-refractivity contribution is 0.0123. The van der Waals surface area contributed by atoms with Crippen molar-refractivity contribution in [2.45, 2.75) is 50.9 Å². The number of aliphatic hydroxyl groups is 2. The lowest BCUT2D eigenvalue weighted by Crippen LogP contribution is -2.34. The highest BCUT2D eigenvalue weighted by molar-refractivity contribution is 6.17. The zero-order valence-corrected chi connectivity index (χ0v) is 13.9. The van der Waals surface area contributed by atoms with Gasteiger partial charge in [0, 0.05) is 12.4 Å². The van der Waals surface area contributed by atoms with Crippen molar-refractivity contribution in [2.24, 2.45) is 0 Å². The van der Waals surface area contributed by atoms with Crippen LogP contribution in [0, 0.1) is 0 Å². The molecule has 0 aromatic heterocycles. The summed E-state index contributed by atoms with van der Waals surface area (Å²) in [5.74, 6) is 0.344. The first-order chi connectivity index (χ1) is 10.2. The predicted molar refractivity (Wildman–Crippen MR) is 85.8 cm³/mol. The van der Waals surface area contributed by atoms with E-state index in [9.17, 15) is 15.0 Å². The molecule has 1 amide bonds. The first-order valence-corrected chi connectivity index (χ1v) is 7.74. The number of rotatable bonds is 6. The Labute approximate surface area is 136 Å². The van der Waals surface area contributed by atoms with E-state index in [0.29, 0.717) is 11.4 Å². The summed E-state index contributed by atoms with van der Waals surface area (Å²) in [6, 6.07) is 7.11. The largest absolute Gasteiger partial charge is 0.444 e. The van der Waals surface area contributed by atoms with Crippen molar-refractivity contribution >= 4 is 17.7 Å². The fourth-order valence-corrected chi connectivity index (χ4v) is 2.04. The van der Waals surface area contributed by atoms with Gasteiger partial charge < -0.3 is 20.3 Å². The van der Waals surface area contributed by atoms with E-state index in [1.54, 1.807) is 39.0 Å². The number of hydrogen-bond donors (Lipinski definition) is 3. The minimum Gasteiger partial charge on any atom is -0.444 e. The van der Waals surface area contributed by atoms with Crippen LogP contribution in [0.2, 0.25) is 0 Å². The maximum atomic E-state index is 11.5. The summed E-state index contributed by atoms with van der Waals surface area (Å²) in [6.45, 7) is 5.53. The average molecular weight is 330 g/mol. The van der Waals surface area contributed by atoms with Crippen molar-refractivity contribution < 1.29 is 19.7 Å². The van der Waals surface area contributed by atoms with Crippen LogP contribution >= 0.6 is 11.6 Å². The molecule has 6 heteroatoms. The number of carbonyl (C=O) groups is 1. The molecule has 1 aromatic carbocycles. The van der Waals surface area contributed by atoms with Gasteiger partial charge in [-0.25, -0.2) is 4.79 Å². The number of nitrogens with one attached hydrogen (secondary N) is 1. The van der Waals surface area contributed by atoms with Crippen molar-refractivity contribution in [3.8, 4) is 0 Å². The van der Waals surface area contributed by atoms with Gasteiger partial charge in [0.2, 0.25) is 0 Å². The molecule has 3 N–H and O–H groups in total. The molecule has 0 saturated carbocycles. The fraction of sp³-hybridized carbons (Fsp3) is 0.562. The highest BCUT2D eigenvalue weighted by Gasteiger charge is 2.20. The Bertz CT molecular complexity index is 487. The molecule has 0 bridgehead atoms. The molecule has 0 saturated heterocycles. The van der Waals surface area contributed by atoms with Crippen LogP contribution in [0.3, 0.4) is 0 Å². The fourth-order valence-electron chi connectivity index (χ4n) is 1.88. The molecular weight excluding hydrogens is 306 g/mol. The Morgan fingerprint density at radius 2 is 2.05 bits per heavy atom. The zero-order valence-electron chi connectivity index (χ0n) is 13.2. The van der Waals surface area contributed by atoms with Crippen molar-refractivity contribution in [3.63, 3.8) is 0 Å². The second-order valence-corrected chi connectivity index (χ2v) is 6.38. The second-order valence-electron chi connectivity index (χ2n) is 6.11. The van der Waals surface area contributed by atoms with E-state index < -0.39 is 23.9 Å². The van der Waals surface area contributed by atoms with Gasteiger partial charge in [0.1, 0.15) is 11.7 Å². The van der Waals surface area contributed by atoms with Gasteiger partial charge in [-0.15, -0.1) is 11.6 Å². The molecule has 0 heterocycles. The third-order valence-corrected chi connectivity index (χ3v) is 3.23. The number of hydrogen-bond acceptors (Lipinski definition) is 4. The van der Waals surface area contributed by atoms with Gasteiger partial charge in [0.15, 0.2) is 0 Å². The number of amides is 1. The number of benzene rings is 1. The number of aliphatic hydroxyl groups excluding tert-OH is 2. The highest BCUT2D eigenvalue weighted by Crippen LogP contribution is 2.20. The molecule has 1 aromatic rings. The molecule has 0 aliphatic heterocycles. The van der Waals surface area contributed by atoms with Gasteiger partial charge in [-0.3, -0.25) is 0 Å². The summed E-state index contributed by atoms with van der Waals surface area (Å²) in [5.41, 5.74) is 0.907. The van der Waals surface area contributed by atoms with Crippen LogP contribution in [-0.2, 0) is 10.6 Å². The Hall–Kier alpha value is -1.30. The Morgan fingerprint density at radius 1 is 1.36 bits per heavy atom. The van der Waals surface area contributed by atoms with Crippen molar-refractivity contribution in [1.29, 1.82) is 0 Å². The third kappa shape index (κ3) is 6.64. The Morgan fingerprint density at radius 3 is 2.64 bits per heavy atom. The number of ether oxygens (including phenoxy) is 1. The van der Waals surface area contributed by atoms with Crippen LogP contribution < -0.4 is 5.32 Å². The van der Waals surface area contributed by atoms with E-state index in [-0.39, 0.29) is 13.0 Å². The van der Waals surface area contributed by atoms with Crippen LogP contribution in [0.4, 0.5) is 4.79 Å². The minimum atomic E-state index is -1.02. The Kier molecular flexibility index (Phi) is 7.13. The maximum Gasteiger partial charge on any atom is 0.407 e. The van der Waals surface area contributed by atoms with E-state index in [4.69, 9.17) is 16.3 Å². The molecule has 1 rings (SSSR count). The van der Waals surface area contributed by atoms with Crippen LogP contribution in [0.1, 0.15) is 44.4 Å². The van der Waals surface area contributed by atoms with Crippen molar-refractivity contribution in [2.75, 3.05) is 6.54 Å². The molecule has 0 fully saturated rings. The van der Waals surface area contributed by atoms with E-state index >= 15 is 0 Å². The van der Waals surface area contributed by atoms with E-state index in [0.717, 1.165) is 5.56 Å². The normalized spacial score (nSPS) is 14.3. The van der Waals surface area contributed by atoms with Crippen LogP contribution in [0.15, 0.2) is 24.3 Å². The quantitative estimate of drug-likeness (QED) is 0.701. The van der Waals surface area contributed by atoms with Crippen LogP contribution in [0.25, 0.3) is 0 Å². The van der Waals surface area contributed by atoms with Crippen molar-refractivity contribution in [1.82, 2.24) is 5.32 Å². The second kappa shape index (κ2) is 8.36. The Balaban J connectivity index is 2.44. The first kappa shape index (κ1) is 18.7. The third-order valence-electron chi connectivity index (χ3n) is 2.92. The van der Waals surface area contributed by atoms with Gasteiger partial charge in [0.05, 0.1) is 6.10 Å². The minimum absolute atomic E-state index is 0.211. The zero-order chi connectivity index (χ0) is 16.8. The molecule has 0 radical (unpaired) electrons. The molecule has 124 valence electrons. The monoisotopic (exact) mass is 329 g/mol. The maximum absolute atomic E-state index is 11.5. The molecule has 22 heavy (non-hydrogen) atoms. The molecule has 5 nitrogen and oxygen atoms in total. The summed E-state index contributed by atoms with van der Waals surface area (Å²) in [5, 5.41) is 22.7. The van der Waals surface area contributed by atoms with Gasteiger partial charge in [0.25, 0.3) is 0 Å². The number of carbonyl (C=O) groups excluding carboxylic acids is 1. The topological polar surface area (TPSA) is 78.8 Å². The van der Waals surface area contributed by atoms with E-state index in [1.165, 1.54) is 0 Å². The summed E-state index contributed by atoms with van der Waals surface area (Å²) in [6.07, 6.45) is -2.34.